The SMILES string of the molecule is O=C(OCc1ccc(COC(=O)C2CC3CCCC(C2)C3=O)cc1)C1CC2CCCC(C1)C2=O. The molecule has 4 bridgehead atoms. The number of benzene rings is 1. The molecule has 5 rings (SSSR count). The van der Waals surface area contributed by atoms with Crippen molar-refractivity contribution in [1.29, 1.82) is 0 Å². The Morgan fingerprint density at radius 2 is 0.941 bits per heavy atom. The average molecular weight is 467 g/mol. The summed E-state index contributed by atoms with van der Waals surface area (Å²) in [5, 5.41) is 0. The van der Waals surface area contributed by atoms with Crippen LogP contribution in [-0.4, -0.2) is 23.5 Å². The van der Waals surface area contributed by atoms with E-state index in [0.29, 0.717) is 37.2 Å². The van der Waals surface area contributed by atoms with Gasteiger partial charge in [0.15, 0.2) is 0 Å². The van der Waals surface area contributed by atoms with Gasteiger partial charge in [0.1, 0.15) is 24.8 Å². The number of esters is 2. The zero-order valence-corrected chi connectivity index (χ0v) is 19.7. The largest absolute Gasteiger partial charge is 0.461 e. The van der Waals surface area contributed by atoms with E-state index >= 15 is 0 Å². The highest BCUT2D eigenvalue weighted by molar-refractivity contribution is 5.88. The lowest BCUT2D eigenvalue weighted by molar-refractivity contribution is -0.156. The van der Waals surface area contributed by atoms with Crippen molar-refractivity contribution in [1.82, 2.24) is 0 Å². The van der Waals surface area contributed by atoms with Crippen LogP contribution in [0.15, 0.2) is 24.3 Å². The molecule has 0 aromatic heterocycles. The molecule has 0 heterocycles. The van der Waals surface area contributed by atoms with E-state index in [2.05, 4.69) is 0 Å². The van der Waals surface area contributed by atoms with Crippen molar-refractivity contribution < 1.29 is 28.7 Å². The van der Waals surface area contributed by atoms with Crippen LogP contribution >= 0.6 is 0 Å². The summed E-state index contributed by atoms with van der Waals surface area (Å²) in [5.41, 5.74) is 1.77. The molecule has 0 aliphatic heterocycles. The third kappa shape index (κ3) is 4.96. The topological polar surface area (TPSA) is 86.7 Å². The molecule has 4 aliphatic carbocycles. The van der Waals surface area contributed by atoms with Crippen LogP contribution in [0.3, 0.4) is 0 Å². The Bertz CT molecular complexity index is 841. The summed E-state index contributed by atoms with van der Waals surface area (Å²) in [6, 6.07) is 7.55. The number of fused-ring (bicyclic) bond motifs is 4. The summed E-state index contributed by atoms with van der Waals surface area (Å²) < 4.78 is 11.1. The van der Waals surface area contributed by atoms with Crippen molar-refractivity contribution in [2.75, 3.05) is 0 Å². The molecule has 4 aliphatic rings. The van der Waals surface area contributed by atoms with Crippen molar-refractivity contribution in [2.45, 2.75) is 77.4 Å². The summed E-state index contributed by atoms with van der Waals surface area (Å²) in [5.74, 6) is 0.153. The molecule has 0 N–H and O–H groups in total. The molecule has 4 saturated carbocycles. The minimum Gasteiger partial charge on any atom is -0.461 e. The molecule has 6 nitrogen and oxygen atoms in total. The number of Topliss-reactive ketones (excluding diaryl/α,β-unsaturated/α-hetero) is 2. The van der Waals surface area contributed by atoms with Gasteiger partial charge in [-0.15, -0.1) is 0 Å². The predicted octanol–water partition coefficient (Wildman–Crippen LogP) is 4.56. The van der Waals surface area contributed by atoms with Crippen LogP contribution in [0.2, 0.25) is 0 Å². The molecule has 4 fully saturated rings. The fourth-order valence-corrected chi connectivity index (χ4v) is 6.62. The minimum atomic E-state index is -0.196. The Labute approximate surface area is 200 Å². The van der Waals surface area contributed by atoms with Gasteiger partial charge in [-0.25, -0.2) is 0 Å². The lowest BCUT2D eigenvalue weighted by atomic mass is 9.67. The Kier molecular flexibility index (Phi) is 6.84. The van der Waals surface area contributed by atoms with Gasteiger partial charge in [0.25, 0.3) is 0 Å². The maximum absolute atomic E-state index is 12.6. The van der Waals surface area contributed by atoms with Crippen molar-refractivity contribution in [3.63, 3.8) is 0 Å². The summed E-state index contributed by atoms with van der Waals surface area (Å²) in [7, 11) is 0. The molecule has 6 heteroatoms. The number of rotatable bonds is 6. The first kappa shape index (κ1) is 23.3. The summed E-state index contributed by atoms with van der Waals surface area (Å²) in [6.45, 7) is 0.412. The first-order valence-electron chi connectivity index (χ1n) is 13.0. The van der Waals surface area contributed by atoms with Crippen LogP contribution in [0, 0.1) is 35.5 Å². The molecule has 182 valence electrons. The highest BCUT2D eigenvalue weighted by Gasteiger charge is 2.43. The first-order valence-corrected chi connectivity index (χ1v) is 13.0. The van der Waals surface area contributed by atoms with E-state index in [1.807, 2.05) is 24.3 Å². The lowest BCUT2D eigenvalue weighted by Gasteiger charge is -2.36. The second kappa shape index (κ2) is 10.0. The zero-order chi connectivity index (χ0) is 23.7. The van der Waals surface area contributed by atoms with E-state index in [1.165, 1.54) is 0 Å². The van der Waals surface area contributed by atoms with Crippen LogP contribution in [0.5, 0.6) is 0 Å². The summed E-state index contributed by atoms with van der Waals surface area (Å²) in [6.07, 6.45) is 8.35. The molecule has 4 unspecified atom stereocenters. The Hall–Kier alpha value is -2.50. The van der Waals surface area contributed by atoms with Gasteiger partial charge in [0, 0.05) is 23.7 Å². The van der Waals surface area contributed by atoms with Crippen LogP contribution in [0.4, 0.5) is 0 Å². The second-order valence-electron chi connectivity index (χ2n) is 10.8. The van der Waals surface area contributed by atoms with Gasteiger partial charge in [0.2, 0.25) is 0 Å². The van der Waals surface area contributed by atoms with Crippen LogP contribution in [0.1, 0.15) is 75.3 Å². The average Bonchev–Trinajstić information content (AvgIpc) is 2.81. The van der Waals surface area contributed by atoms with Gasteiger partial charge in [-0.05, 0) is 62.5 Å². The van der Waals surface area contributed by atoms with E-state index in [1.54, 1.807) is 0 Å². The number of carbonyl (C=O) groups is 4. The minimum absolute atomic E-state index is 0.0424. The van der Waals surface area contributed by atoms with Gasteiger partial charge in [-0.3, -0.25) is 19.2 Å². The quantitative estimate of drug-likeness (QED) is 0.571. The third-order valence-electron chi connectivity index (χ3n) is 8.55. The van der Waals surface area contributed by atoms with Crippen LogP contribution in [-0.2, 0) is 41.9 Å². The molecule has 1 aromatic carbocycles. The molecular formula is C28H34O6. The normalized spacial score (nSPS) is 32.7. The number of carbonyl (C=O) groups excluding carboxylic acids is 4. The Balaban J connectivity index is 1.07. The summed E-state index contributed by atoms with van der Waals surface area (Å²) >= 11 is 0. The van der Waals surface area contributed by atoms with E-state index in [9.17, 15) is 19.2 Å². The molecule has 4 atom stereocenters. The number of ether oxygens (including phenoxy) is 2. The summed E-state index contributed by atoms with van der Waals surface area (Å²) in [4.78, 5) is 49.6. The van der Waals surface area contributed by atoms with Crippen molar-refractivity contribution >= 4 is 23.5 Å². The highest BCUT2D eigenvalue weighted by atomic mass is 16.5. The van der Waals surface area contributed by atoms with Crippen molar-refractivity contribution in [3.05, 3.63) is 35.4 Å². The maximum atomic E-state index is 12.6. The van der Waals surface area contributed by atoms with Crippen molar-refractivity contribution in [2.24, 2.45) is 35.5 Å². The lowest BCUT2D eigenvalue weighted by Crippen LogP contribution is -2.39. The van der Waals surface area contributed by atoms with Gasteiger partial charge in [-0.2, -0.15) is 0 Å². The molecule has 0 saturated heterocycles. The molecular weight excluding hydrogens is 432 g/mol. The fraction of sp³-hybridized carbons (Fsp3) is 0.643. The Morgan fingerprint density at radius 3 is 1.26 bits per heavy atom. The highest BCUT2D eigenvalue weighted by Crippen LogP contribution is 2.41. The zero-order valence-electron chi connectivity index (χ0n) is 19.7. The van der Waals surface area contributed by atoms with Gasteiger partial charge >= 0.3 is 11.9 Å². The van der Waals surface area contributed by atoms with Gasteiger partial charge < -0.3 is 9.47 Å². The second-order valence-corrected chi connectivity index (χ2v) is 10.8. The number of hydrogen-bond acceptors (Lipinski definition) is 6. The molecule has 0 spiro atoms. The third-order valence-corrected chi connectivity index (χ3v) is 8.55. The standard InChI is InChI=1S/C28H34O6/c29-25-19-3-1-4-20(25)12-23(11-19)27(31)33-15-17-7-9-18(10-8-17)16-34-28(32)24-13-21-5-2-6-22(14-24)26(21)30/h7-10,19-24H,1-6,11-16H2. The fourth-order valence-electron chi connectivity index (χ4n) is 6.62. The maximum Gasteiger partial charge on any atom is 0.309 e. The van der Waals surface area contributed by atoms with E-state index in [-0.39, 0.29) is 60.7 Å². The van der Waals surface area contributed by atoms with Gasteiger partial charge in [0.05, 0.1) is 11.8 Å². The van der Waals surface area contributed by atoms with Crippen LogP contribution < -0.4 is 0 Å². The van der Waals surface area contributed by atoms with Crippen LogP contribution in [0.25, 0.3) is 0 Å². The van der Waals surface area contributed by atoms with Crippen molar-refractivity contribution in [3.8, 4) is 0 Å². The molecule has 0 amide bonds. The van der Waals surface area contributed by atoms with E-state index in [0.717, 1.165) is 49.7 Å². The van der Waals surface area contributed by atoms with E-state index in [4.69, 9.17) is 9.47 Å². The first-order chi connectivity index (χ1) is 16.5. The Morgan fingerprint density at radius 1 is 0.618 bits per heavy atom. The molecule has 1 aromatic rings. The molecule has 0 radical (unpaired) electrons. The predicted molar refractivity (Wildman–Crippen MR) is 123 cm³/mol. The smallest absolute Gasteiger partial charge is 0.309 e. The monoisotopic (exact) mass is 466 g/mol. The van der Waals surface area contributed by atoms with Gasteiger partial charge in [-0.1, -0.05) is 37.1 Å². The number of hydrogen-bond donors (Lipinski definition) is 0. The number of ketones is 2. The molecule has 34 heavy (non-hydrogen) atoms. The van der Waals surface area contributed by atoms with E-state index < -0.39 is 0 Å².